The summed E-state index contributed by atoms with van der Waals surface area (Å²) in [5, 5.41) is 2.86. The molecule has 0 aliphatic rings. The van der Waals surface area contributed by atoms with Crippen LogP contribution in [0.25, 0.3) is 0 Å². The highest BCUT2D eigenvalue weighted by molar-refractivity contribution is 9.10. The van der Waals surface area contributed by atoms with Gasteiger partial charge in [-0.1, -0.05) is 69.3 Å². The molecule has 2 amide bonds. The van der Waals surface area contributed by atoms with E-state index in [-0.39, 0.29) is 36.2 Å². The predicted molar refractivity (Wildman–Crippen MR) is 148 cm³/mol. The van der Waals surface area contributed by atoms with Gasteiger partial charge in [0.25, 0.3) is 5.91 Å². The van der Waals surface area contributed by atoms with Crippen molar-refractivity contribution < 1.29 is 18.7 Å². The largest absolute Gasteiger partial charge is 0.483 e. The molecule has 0 heterocycles. The Morgan fingerprint density at radius 1 is 1.00 bits per heavy atom. The highest BCUT2D eigenvalue weighted by Crippen LogP contribution is 2.31. The standard InChI is InChI=1S/C30H34BrFN2O3/c1-5-33-29(36)26(17-21-9-7-6-8-10-21)34(19-22-11-14-24(32)15-12-22)28(35)20-37-27-16-13-23(18-25(27)31)30(2,3)4/h6-16,18,26H,5,17,19-20H2,1-4H3,(H,33,36). The van der Waals surface area contributed by atoms with Crippen molar-refractivity contribution in [1.29, 1.82) is 0 Å². The lowest BCUT2D eigenvalue weighted by Gasteiger charge is -2.31. The lowest BCUT2D eigenvalue weighted by molar-refractivity contribution is -0.142. The summed E-state index contributed by atoms with van der Waals surface area (Å²) in [5.74, 6) is -0.417. The first kappa shape index (κ1) is 28.4. The van der Waals surface area contributed by atoms with Crippen LogP contribution in [0.3, 0.4) is 0 Å². The second kappa shape index (κ2) is 12.9. The molecule has 3 aromatic carbocycles. The van der Waals surface area contributed by atoms with Gasteiger partial charge in [0.1, 0.15) is 17.6 Å². The van der Waals surface area contributed by atoms with Crippen molar-refractivity contribution in [1.82, 2.24) is 10.2 Å². The quantitative estimate of drug-likeness (QED) is 0.324. The first-order chi connectivity index (χ1) is 17.6. The summed E-state index contributed by atoms with van der Waals surface area (Å²) in [4.78, 5) is 28.3. The highest BCUT2D eigenvalue weighted by atomic mass is 79.9. The molecule has 0 aliphatic carbocycles. The summed E-state index contributed by atoms with van der Waals surface area (Å²) >= 11 is 3.55. The maximum Gasteiger partial charge on any atom is 0.261 e. The Hall–Kier alpha value is -3.19. The first-order valence-electron chi connectivity index (χ1n) is 12.4. The molecule has 1 atom stereocenters. The van der Waals surface area contributed by atoms with Crippen molar-refractivity contribution in [2.45, 2.75) is 52.1 Å². The zero-order valence-electron chi connectivity index (χ0n) is 21.8. The van der Waals surface area contributed by atoms with E-state index < -0.39 is 6.04 Å². The monoisotopic (exact) mass is 568 g/mol. The summed E-state index contributed by atoms with van der Waals surface area (Å²) in [7, 11) is 0. The van der Waals surface area contributed by atoms with Gasteiger partial charge in [0.15, 0.2) is 6.61 Å². The molecule has 7 heteroatoms. The molecule has 1 N–H and O–H groups in total. The Balaban J connectivity index is 1.88. The molecule has 0 fully saturated rings. The Bertz CT molecular complexity index is 1190. The fraction of sp³-hybridized carbons (Fsp3) is 0.333. The van der Waals surface area contributed by atoms with Crippen LogP contribution in [-0.2, 0) is 28.0 Å². The predicted octanol–water partition coefficient (Wildman–Crippen LogP) is 6.04. The van der Waals surface area contributed by atoms with E-state index in [1.54, 1.807) is 12.1 Å². The lowest BCUT2D eigenvalue weighted by atomic mass is 9.87. The van der Waals surface area contributed by atoms with Crippen LogP contribution in [0.1, 0.15) is 44.4 Å². The van der Waals surface area contributed by atoms with E-state index in [2.05, 4.69) is 42.0 Å². The third kappa shape index (κ3) is 8.15. The molecule has 0 aliphatic heterocycles. The van der Waals surface area contributed by atoms with Crippen LogP contribution in [0.2, 0.25) is 0 Å². The number of nitrogens with zero attached hydrogens (tertiary/aromatic N) is 1. The van der Waals surface area contributed by atoms with Gasteiger partial charge in [0.2, 0.25) is 5.91 Å². The second-order valence-electron chi connectivity index (χ2n) is 9.93. The first-order valence-corrected chi connectivity index (χ1v) is 13.2. The maximum atomic E-state index is 13.6. The Kier molecular flexibility index (Phi) is 9.86. The van der Waals surface area contributed by atoms with Gasteiger partial charge in [-0.2, -0.15) is 0 Å². The van der Waals surface area contributed by atoms with E-state index in [0.29, 0.717) is 24.3 Å². The zero-order valence-corrected chi connectivity index (χ0v) is 23.3. The van der Waals surface area contributed by atoms with Crippen LogP contribution in [-0.4, -0.2) is 35.9 Å². The van der Waals surface area contributed by atoms with Gasteiger partial charge in [-0.25, -0.2) is 4.39 Å². The maximum absolute atomic E-state index is 13.6. The molecule has 0 aromatic heterocycles. The van der Waals surface area contributed by atoms with Gasteiger partial charge < -0.3 is 15.0 Å². The molecular weight excluding hydrogens is 535 g/mol. The Morgan fingerprint density at radius 2 is 1.68 bits per heavy atom. The summed E-state index contributed by atoms with van der Waals surface area (Å²) < 4.78 is 20.2. The molecule has 5 nitrogen and oxygen atoms in total. The lowest BCUT2D eigenvalue weighted by Crippen LogP contribution is -2.51. The average molecular weight is 570 g/mol. The molecule has 1 unspecified atom stereocenters. The summed E-state index contributed by atoms with van der Waals surface area (Å²) in [5.41, 5.74) is 2.75. The van der Waals surface area contributed by atoms with E-state index in [1.165, 1.54) is 17.0 Å². The van der Waals surface area contributed by atoms with Crippen molar-refractivity contribution in [3.8, 4) is 5.75 Å². The molecule has 0 saturated heterocycles. The zero-order chi connectivity index (χ0) is 27.0. The number of likely N-dealkylation sites (N-methyl/N-ethyl adjacent to an activating group) is 1. The van der Waals surface area contributed by atoms with Gasteiger partial charge in [0, 0.05) is 19.5 Å². The number of halogens is 2. The van der Waals surface area contributed by atoms with Gasteiger partial charge in [-0.05, 0) is 69.2 Å². The van der Waals surface area contributed by atoms with Gasteiger partial charge >= 0.3 is 0 Å². The smallest absolute Gasteiger partial charge is 0.261 e. The Morgan fingerprint density at radius 3 is 2.27 bits per heavy atom. The van der Waals surface area contributed by atoms with Crippen molar-refractivity contribution in [2.24, 2.45) is 0 Å². The number of amides is 2. The molecule has 0 radical (unpaired) electrons. The number of carbonyl (C=O) groups excluding carboxylic acids is 2. The Labute approximate surface area is 227 Å². The van der Waals surface area contributed by atoms with Crippen molar-refractivity contribution >= 4 is 27.7 Å². The third-order valence-electron chi connectivity index (χ3n) is 6.04. The fourth-order valence-electron chi connectivity index (χ4n) is 3.94. The van der Waals surface area contributed by atoms with E-state index in [0.717, 1.165) is 15.6 Å². The normalized spacial score (nSPS) is 12.1. The number of benzene rings is 3. The van der Waals surface area contributed by atoms with E-state index in [4.69, 9.17) is 4.74 Å². The summed E-state index contributed by atoms with van der Waals surface area (Å²) in [6.45, 7) is 8.54. The molecule has 37 heavy (non-hydrogen) atoms. The minimum atomic E-state index is -0.768. The minimum absolute atomic E-state index is 0.0277. The number of hydrogen-bond acceptors (Lipinski definition) is 3. The fourth-order valence-corrected chi connectivity index (χ4v) is 4.43. The topological polar surface area (TPSA) is 58.6 Å². The number of rotatable bonds is 10. The van der Waals surface area contributed by atoms with Crippen LogP contribution in [0.15, 0.2) is 77.3 Å². The average Bonchev–Trinajstić information content (AvgIpc) is 2.86. The SMILES string of the molecule is CCNC(=O)C(Cc1ccccc1)N(Cc1ccc(F)cc1)C(=O)COc1ccc(C(C)(C)C)cc1Br. The molecule has 0 spiro atoms. The molecule has 0 bridgehead atoms. The van der Waals surface area contributed by atoms with Crippen molar-refractivity contribution in [2.75, 3.05) is 13.2 Å². The van der Waals surface area contributed by atoms with Crippen molar-refractivity contribution in [3.63, 3.8) is 0 Å². The molecule has 3 rings (SSSR count). The van der Waals surface area contributed by atoms with Crippen LogP contribution < -0.4 is 10.1 Å². The van der Waals surface area contributed by atoms with Crippen LogP contribution >= 0.6 is 15.9 Å². The van der Waals surface area contributed by atoms with Crippen LogP contribution in [0.5, 0.6) is 5.75 Å². The van der Waals surface area contributed by atoms with Crippen LogP contribution in [0.4, 0.5) is 4.39 Å². The number of ether oxygens (including phenoxy) is 1. The summed E-state index contributed by atoms with van der Waals surface area (Å²) in [6, 6.07) is 20.5. The van der Waals surface area contributed by atoms with Crippen molar-refractivity contribution in [3.05, 3.63) is 99.8 Å². The van der Waals surface area contributed by atoms with Gasteiger partial charge in [-0.3, -0.25) is 9.59 Å². The second-order valence-corrected chi connectivity index (χ2v) is 10.8. The summed E-state index contributed by atoms with van der Waals surface area (Å²) in [6.07, 6.45) is 0.337. The minimum Gasteiger partial charge on any atom is -0.483 e. The van der Waals surface area contributed by atoms with E-state index in [1.807, 2.05) is 55.5 Å². The third-order valence-corrected chi connectivity index (χ3v) is 6.66. The van der Waals surface area contributed by atoms with Crippen LogP contribution in [0, 0.1) is 5.82 Å². The number of carbonyl (C=O) groups is 2. The van der Waals surface area contributed by atoms with Gasteiger partial charge in [0.05, 0.1) is 4.47 Å². The number of nitrogens with one attached hydrogen (secondary N) is 1. The van der Waals surface area contributed by atoms with E-state index in [9.17, 15) is 14.0 Å². The molecule has 0 saturated carbocycles. The highest BCUT2D eigenvalue weighted by Gasteiger charge is 2.30. The molecular formula is C30H34BrFN2O3. The molecule has 196 valence electrons. The number of hydrogen-bond donors (Lipinski definition) is 1. The van der Waals surface area contributed by atoms with E-state index >= 15 is 0 Å². The molecule has 3 aromatic rings. The van der Waals surface area contributed by atoms with Gasteiger partial charge in [-0.15, -0.1) is 0 Å².